The highest BCUT2D eigenvalue weighted by Gasteiger charge is 1.96. The van der Waals surface area contributed by atoms with Crippen LogP contribution >= 0.6 is 15.9 Å². The number of aromatic nitrogens is 1. The van der Waals surface area contributed by atoms with Crippen molar-refractivity contribution in [3.8, 4) is 11.8 Å². The number of rotatable bonds is 0. The first-order valence-corrected chi connectivity index (χ1v) is 4.53. The fraction of sp³-hybridized carbons (Fsp3) is 0.222. The number of halogens is 2. The lowest BCUT2D eigenvalue weighted by Gasteiger charge is -1.95. The summed E-state index contributed by atoms with van der Waals surface area (Å²) in [6.45, 7) is 1.79. The van der Waals surface area contributed by atoms with Crippen LogP contribution in [0.1, 0.15) is 11.3 Å². The summed E-state index contributed by atoms with van der Waals surface area (Å²) in [4.78, 5) is 3.85. The topological polar surface area (TPSA) is 12.9 Å². The van der Waals surface area contributed by atoms with Crippen LogP contribution in [0.3, 0.4) is 0 Å². The van der Waals surface area contributed by atoms with Gasteiger partial charge in [-0.3, -0.25) is 0 Å². The van der Waals surface area contributed by atoms with Gasteiger partial charge in [-0.05, 0) is 24.5 Å². The van der Waals surface area contributed by atoms with E-state index in [1.54, 1.807) is 6.92 Å². The van der Waals surface area contributed by atoms with Crippen LogP contribution in [0.25, 0.3) is 0 Å². The summed E-state index contributed by atoms with van der Waals surface area (Å²) in [7, 11) is 0. The van der Waals surface area contributed by atoms with E-state index in [0.717, 1.165) is 5.56 Å². The van der Waals surface area contributed by atoms with E-state index in [2.05, 4.69) is 32.8 Å². The summed E-state index contributed by atoms with van der Waals surface area (Å²) in [5.41, 5.74) is 1.40. The van der Waals surface area contributed by atoms with Crippen molar-refractivity contribution in [1.29, 1.82) is 0 Å². The SMILES string of the molecule is Cc1cc(F)cnc1C#CCBr. The van der Waals surface area contributed by atoms with E-state index < -0.39 is 0 Å². The summed E-state index contributed by atoms with van der Waals surface area (Å²) in [5, 5.41) is 0.603. The van der Waals surface area contributed by atoms with Crippen molar-refractivity contribution in [2.24, 2.45) is 0 Å². The molecule has 0 aliphatic rings. The zero-order valence-electron chi connectivity index (χ0n) is 6.56. The van der Waals surface area contributed by atoms with E-state index >= 15 is 0 Å². The molecule has 0 unspecified atom stereocenters. The first kappa shape index (κ1) is 9.21. The van der Waals surface area contributed by atoms with Crippen LogP contribution in [-0.4, -0.2) is 10.3 Å². The number of alkyl halides is 1. The molecule has 0 aliphatic heterocycles. The number of aryl methyl sites for hydroxylation is 1. The van der Waals surface area contributed by atoms with Gasteiger partial charge in [0.25, 0.3) is 0 Å². The standard InChI is InChI=1S/C9H7BrFN/c1-7-5-8(11)6-12-9(7)3-2-4-10/h5-6H,4H2,1H3. The Morgan fingerprint density at radius 2 is 2.42 bits per heavy atom. The van der Waals surface area contributed by atoms with E-state index in [0.29, 0.717) is 11.0 Å². The van der Waals surface area contributed by atoms with Gasteiger partial charge in [0.05, 0.1) is 11.5 Å². The highest BCUT2D eigenvalue weighted by Crippen LogP contribution is 2.04. The average Bonchev–Trinajstić information content (AvgIpc) is 2.03. The third kappa shape index (κ3) is 2.31. The van der Waals surface area contributed by atoms with Gasteiger partial charge in [0, 0.05) is 0 Å². The van der Waals surface area contributed by atoms with E-state index in [-0.39, 0.29) is 5.82 Å². The Labute approximate surface area is 79.1 Å². The minimum atomic E-state index is -0.322. The smallest absolute Gasteiger partial charge is 0.141 e. The lowest BCUT2D eigenvalue weighted by Crippen LogP contribution is -1.89. The maximum Gasteiger partial charge on any atom is 0.141 e. The Morgan fingerprint density at radius 1 is 1.67 bits per heavy atom. The second-order valence-electron chi connectivity index (χ2n) is 2.25. The van der Waals surface area contributed by atoms with Crippen molar-refractivity contribution in [1.82, 2.24) is 4.98 Å². The molecule has 0 aliphatic carbocycles. The number of nitrogens with zero attached hydrogens (tertiary/aromatic N) is 1. The predicted molar refractivity (Wildman–Crippen MR) is 49.6 cm³/mol. The molecule has 0 radical (unpaired) electrons. The molecule has 1 aromatic heterocycles. The molecule has 0 atom stereocenters. The lowest BCUT2D eigenvalue weighted by atomic mass is 10.2. The van der Waals surface area contributed by atoms with Gasteiger partial charge in [0.15, 0.2) is 0 Å². The average molecular weight is 228 g/mol. The molecule has 62 valence electrons. The van der Waals surface area contributed by atoms with Crippen molar-refractivity contribution in [3.63, 3.8) is 0 Å². The molecule has 0 amide bonds. The minimum Gasteiger partial charge on any atom is -0.244 e. The highest BCUT2D eigenvalue weighted by molar-refractivity contribution is 9.09. The zero-order chi connectivity index (χ0) is 8.97. The number of pyridine rings is 1. The summed E-state index contributed by atoms with van der Waals surface area (Å²) >= 11 is 3.17. The molecule has 1 aromatic rings. The number of hydrogen-bond donors (Lipinski definition) is 0. The Hall–Kier alpha value is -0.880. The molecule has 0 saturated carbocycles. The Balaban J connectivity index is 3.01. The second-order valence-corrected chi connectivity index (χ2v) is 2.82. The summed E-state index contributed by atoms with van der Waals surface area (Å²) in [6, 6.07) is 1.42. The van der Waals surface area contributed by atoms with E-state index in [1.165, 1.54) is 12.3 Å². The van der Waals surface area contributed by atoms with Crippen LogP contribution < -0.4 is 0 Å². The molecule has 0 bridgehead atoms. The molecular weight excluding hydrogens is 221 g/mol. The van der Waals surface area contributed by atoms with Crippen LogP contribution in [0.4, 0.5) is 4.39 Å². The van der Waals surface area contributed by atoms with Gasteiger partial charge in [-0.25, -0.2) is 9.37 Å². The minimum absolute atomic E-state index is 0.322. The van der Waals surface area contributed by atoms with Crippen molar-refractivity contribution in [2.75, 3.05) is 5.33 Å². The predicted octanol–water partition coefficient (Wildman–Crippen LogP) is 2.28. The first-order chi connectivity index (χ1) is 5.74. The van der Waals surface area contributed by atoms with E-state index in [9.17, 15) is 4.39 Å². The third-order valence-corrected chi connectivity index (χ3v) is 1.60. The van der Waals surface area contributed by atoms with Gasteiger partial charge in [-0.15, -0.1) is 0 Å². The van der Waals surface area contributed by atoms with Crippen LogP contribution in [0.5, 0.6) is 0 Å². The number of hydrogen-bond acceptors (Lipinski definition) is 1. The van der Waals surface area contributed by atoms with Gasteiger partial charge in [-0.1, -0.05) is 21.9 Å². The van der Waals surface area contributed by atoms with E-state index in [4.69, 9.17) is 0 Å². The van der Waals surface area contributed by atoms with Crippen molar-refractivity contribution < 1.29 is 4.39 Å². The molecule has 1 heterocycles. The Kier molecular flexibility index (Phi) is 3.24. The van der Waals surface area contributed by atoms with Crippen molar-refractivity contribution in [3.05, 3.63) is 29.3 Å². The largest absolute Gasteiger partial charge is 0.244 e. The normalized spacial score (nSPS) is 8.92. The zero-order valence-corrected chi connectivity index (χ0v) is 8.15. The Bertz CT molecular complexity index is 338. The maximum atomic E-state index is 12.5. The molecule has 0 spiro atoms. The summed E-state index contributed by atoms with van der Waals surface area (Å²) in [5.74, 6) is 5.30. The van der Waals surface area contributed by atoms with Crippen molar-refractivity contribution >= 4 is 15.9 Å². The molecule has 0 fully saturated rings. The Morgan fingerprint density at radius 3 is 3.00 bits per heavy atom. The third-order valence-electron chi connectivity index (χ3n) is 1.32. The molecule has 1 rings (SSSR count). The lowest BCUT2D eigenvalue weighted by molar-refractivity contribution is 0.619. The fourth-order valence-electron chi connectivity index (χ4n) is 0.788. The maximum absolute atomic E-state index is 12.5. The molecule has 1 nitrogen and oxygen atoms in total. The van der Waals surface area contributed by atoms with Gasteiger partial charge in [-0.2, -0.15) is 0 Å². The van der Waals surface area contributed by atoms with Crippen LogP contribution in [0, 0.1) is 24.6 Å². The highest BCUT2D eigenvalue weighted by atomic mass is 79.9. The van der Waals surface area contributed by atoms with Crippen LogP contribution in [-0.2, 0) is 0 Å². The summed E-state index contributed by atoms with van der Waals surface area (Å²) < 4.78 is 12.5. The molecule has 3 heteroatoms. The molecular formula is C9H7BrFN. The fourth-order valence-corrected chi connectivity index (χ4v) is 0.929. The van der Waals surface area contributed by atoms with Crippen LogP contribution in [0.2, 0.25) is 0 Å². The summed E-state index contributed by atoms with van der Waals surface area (Å²) in [6.07, 6.45) is 1.17. The molecule has 12 heavy (non-hydrogen) atoms. The second kappa shape index (κ2) is 4.22. The van der Waals surface area contributed by atoms with Crippen molar-refractivity contribution in [2.45, 2.75) is 6.92 Å². The van der Waals surface area contributed by atoms with Crippen LogP contribution in [0.15, 0.2) is 12.3 Å². The molecule has 0 saturated heterocycles. The molecule has 0 aromatic carbocycles. The first-order valence-electron chi connectivity index (χ1n) is 3.41. The van der Waals surface area contributed by atoms with Gasteiger partial charge in [0.2, 0.25) is 0 Å². The van der Waals surface area contributed by atoms with E-state index in [1.807, 2.05) is 0 Å². The van der Waals surface area contributed by atoms with Gasteiger partial charge in [0.1, 0.15) is 11.5 Å². The quantitative estimate of drug-likeness (QED) is 0.490. The monoisotopic (exact) mass is 227 g/mol. The van der Waals surface area contributed by atoms with Gasteiger partial charge < -0.3 is 0 Å². The molecule has 0 N–H and O–H groups in total. The van der Waals surface area contributed by atoms with Gasteiger partial charge >= 0.3 is 0 Å².